The van der Waals surface area contributed by atoms with E-state index in [1.165, 1.54) is 6.42 Å². The van der Waals surface area contributed by atoms with Crippen LogP contribution in [0.5, 0.6) is 0 Å². The number of carbonyl (C=O) groups excluding carboxylic acids is 1. The minimum atomic E-state index is 0.0500. The Balaban J connectivity index is 2.23. The predicted molar refractivity (Wildman–Crippen MR) is 64.1 cm³/mol. The van der Waals surface area contributed by atoms with Gasteiger partial charge in [-0.25, -0.2) is 0 Å². The van der Waals surface area contributed by atoms with E-state index >= 15 is 0 Å². The van der Waals surface area contributed by atoms with Gasteiger partial charge >= 0.3 is 0 Å². The van der Waals surface area contributed by atoms with E-state index < -0.39 is 0 Å². The summed E-state index contributed by atoms with van der Waals surface area (Å²) in [6, 6.07) is 0.0500. The topological polar surface area (TPSA) is 61.4 Å². The van der Waals surface area contributed by atoms with Crippen molar-refractivity contribution in [2.75, 3.05) is 19.7 Å². The number of nitrogens with one attached hydrogen (secondary N) is 2. The van der Waals surface area contributed by atoms with Crippen molar-refractivity contribution in [1.82, 2.24) is 10.6 Å². The Bertz CT molecular complexity index is 209. The minimum absolute atomic E-state index is 0.0500. The molecule has 1 aliphatic heterocycles. The van der Waals surface area contributed by atoms with Gasteiger partial charge in [-0.15, -0.1) is 0 Å². The number of hydrogen-bond donors (Lipinski definition) is 3. The van der Waals surface area contributed by atoms with E-state index in [1.807, 2.05) is 13.8 Å². The van der Waals surface area contributed by atoms with Crippen molar-refractivity contribution in [2.24, 2.45) is 11.8 Å². The summed E-state index contributed by atoms with van der Waals surface area (Å²) in [5, 5.41) is 15.2. The Labute approximate surface area is 97.8 Å². The van der Waals surface area contributed by atoms with Crippen LogP contribution < -0.4 is 10.6 Å². The Morgan fingerprint density at radius 2 is 2.31 bits per heavy atom. The standard InChI is InChI=1S/C12H24N2O2/c1-9(8-15)10(2)14-12(16)6-11-4-3-5-13-7-11/h9-11,13,15H,3-8H2,1-2H3,(H,14,16). The van der Waals surface area contributed by atoms with Crippen molar-refractivity contribution in [3.8, 4) is 0 Å². The molecule has 1 rings (SSSR count). The molecule has 1 saturated heterocycles. The third-order valence-corrected chi connectivity index (χ3v) is 3.40. The number of aliphatic hydroxyl groups excluding tert-OH is 1. The summed E-state index contributed by atoms with van der Waals surface area (Å²) >= 11 is 0. The lowest BCUT2D eigenvalue weighted by Crippen LogP contribution is -2.40. The molecule has 0 aromatic heterocycles. The van der Waals surface area contributed by atoms with Gasteiger partial charge in [0, 0.05) is 19.1 Å². The third-order valence-electron chi connectivity index (χ3n) is 3.40. The molecule has 4 nitrogen and oxygen atoms in total. The zero-order valence-electron chi connectivity index (χ0n) is 10.3. The number of piperidine rings is 1. The Hall–Kier alpha value is -0.610. The van der Waals surface area contributed by atoms with E-state index in [1.54, 1.807) is 0 Å². The first-order chi connectivity index (χ1) is 7.63. The molecule has 3 unspecified atom stereocenters. The highest BCUT2D eigenvalue weighted by Crippen LogP contribution is 2.14. The SMILES string of the molecule is CC(CO)C(C)NC(=O)CC1CCCNC1. The van der Waals surface area contributed by atoms with Crippen LogP contribution in [0.3, 0.4) is 0 Å². The zero-order chi connectivity index (χ0) is 12.0. The summed E-state index contributed by atoms with van der Waals surface area (Å²) in [4.78, 5) is 11.7. The first-order valence-corrected chi connectivity index (χ1v) is 6.24. The van der Waals surface area contributed by atoms with Crippen LogP contribution in [-0.2, 0) is 4.79 Å². The predicted octanol–water partition coefficient (Wildman–Crippen LogP) is 0.509. The van der Waals surface area contributed by atoms with E-state index in [-0.39, 0.29) is 24.5 Å². The van der Waals surface area contributed by atoms with Crippen molar-refractivity contribution >= 4 is 5.91 Å². The molecular formula is C12H24N2O2. The van der Waals surface area contributed by atoms with E-state index in [2.05, 4.69) is 10.6 Å². The van der Waals surface area contributed by atoms with E-state index in [0.29, 0.717) is 12.3 Å². The van der Waals surface area contributed by atoms with Crippen LogP contribution in [0.1, 0.15) is 33.1 Å². The minimum Gasteiger partial charge on any atom is -0.396 e. The van der Waals surface area contributed by atoms with Crippen LogP contribution in [0.25, 0.3) is 0 Å². The van der Waals surface area contributed by atoms with Crippen LogP contribution >= 0.6 is 0 Å². The quantitative estimate of drug-likeness (QED) is 0.642. The Morgan fingerprint density at radius 1 is 1.56 bits per heavy atom. The number of carbonyl (C=O) groups is 1. The van der Waals surface area contributed by atoms with Crippen molar-refractivity contribution in [3.05, 3.63) is 0 Å². The van der Waals surface area contributed by atoms with Crippen molar-refractivity contribution in [3.63, 3.8) is 0 Å². The third kappa shape index (κ3) is 4.49. The van der Waals surface area contributed by atoms with Gasteiger partial charge in [0.1, 0.15) is 0 Å². The lowest BCUT2D eigenvalue weighted by molar-refractivity contribution is -0.123. The highest BCUT2D eigenvalue weighted by molar-refractivity contribution is 5.76. The summed E-state index contributed by atoms with van der Waals surface area (Å²) < 4.78 is 0. The van der Waals surface area contributed by atoms with Gasteiger partial charge in [-0.05, 0) is 44.7 Å². The van der Waals surface area contributed by atoms with Gasteiger partial charge in [-0.1, -0.05) is 6.92 Å². The summed E-state index contributed by atoms with van der Waals surface area (Å²) in [5.74, 6) is 0.709. The first-order valence-electron chi connectivity index (χ1n) is 6.24. The monoisotopic (exact) mass is 228 g/mol. The second kappa shape index (κ2) is 6.86. The largest absolute Gasteiger partial charge is 0.396 e. The molecule has 1 aliphatic rings. The van der Waals surface area contributed by atoms with E-state index in [9.17, 15) is 4.79 Å². The second-order valence-corrected chi connectivity index (χ2v) is 4.93. The van der Waals surface area contributed by atoms with Crippen LogP contribution in [0, 0.1) is 11.8 Å². The lowest BCUT2D eigenvalue weighted by atomic mass is 9.95. The van der Waals surface area contributed by atoms with Gasteiger partial charge < -0.3 is 15.7 Å². The normalized spacial score (nSPS) is 24.8. The molecule has 0 spiro atoms. The molecule has 3 N–H and O–H groups in total. The fraction of sp³-hybridized carbons (Fsp3) is 0.917. The molecule has 1 amide bonds. The Morgan fingerprint density at radius 3 is 2.88 bits per heavy atom. The average Bonchev–Trinajstić information content (AvgIpc) is 2.29. The molecule has 0 bridgehead atoms. The van der Waals surface area contributed by atoms with Crippen molar-refractivity contribution in [2.45, 2.75) is 39.2 Å². The molecule has 0 aromatic rings. The van der Waals surface area contributed by atoms with Crippen LogP contribution in [0.2, 0.25) is 0 Å². The molecule has 3 atom stereocenters. The summed E-state index contributed by atoms with van der Waals surface area (Å²) in [7, 11) is 0. The van der Waals surface area contributed by atoms with Crippen molar-refractivity contribution in [1.29, 1.82) is 0 Å². The first kappa shape index (κ1) is 13.5. The number of rotatable bonds is 5. The van der Waals surface area contributed by atoms with Crippen LogP contribution in [0.4, 0.5) is 0 Å². The van der Waals surface area contributed by atoms with Gasteiger partial charge in [0.2, 0.25) is 5.91 Å². The summed E-state index contributed by atoms with van der Waals surface area (Å²) in [6.07, 6.45) is 2.92. The number of amides is 1. The average molecular weight is 228 g/mol. The molecule has 0 aliphatic carbocycles. The molecule has 16 heavy (non-hydrogen) atoms. The number of hydrogen-bond acceptors (Lipinski definition) is 3. The van der Waals surface area contributed by atoms with Gasteiger partial charge in [-0.2, -0.15) is 0 Å². The molecule has 0 radical (unpaired) electrons. The maximum Gasteiger partial charge on any atom is 0.220 e. The van der Waals surface area contributed by atoms with Gasteiger partial charge in [-0.3, -0.25) is 4.79 Å². The van der Waals surface area contributed by atoms with Crippen molar-refractivity contribution < 1.29 is 9.90 Å². The molecule has 94 valence electrons. The Kier molecular flexibility index (Phi) is 5.77. The fourth-order valence-corrected chi connectivity index (χ4v) is 1.97. The van der Waals surface area contributed by atoms with E-state index in [4.69, 9.17) is 5.11 Å². The number of aliphatic hydroxyl groups is 1. The van der Waals surface area contributed by atoms with Gasteiger partial charge in [0.25, 0.3) is 0 Å². The molecular weight excluding hydrogens is 204 g/mol. The summed E-state index contributed by atoms with van der Waals surface area (Å²) in [6.45, 7) is 6.03. The molecule has 0 saturated carbocycles. The smallest absolute Gasteiger partial charge is 0.220 e. The molecule has 0 aromatic carbocycles. The second-order valence-electron chi connectivity index (χ2n) is 4.93. The van der Waals surface area contributed by atoms with E-state index in [0.717, 1.165) is 19.5 Å². The van der Waals surface area contributed by atoms with Crippen LogP contribution in [-0.4, -0.2) is 36.8 Å². The summed E-state index contributed by atoms with van der Waals surface area (Å²) in [5.41, 5.74) is 0. The molecule has 4 heteroatoms. The molecule has 1 heterocycles. The maximum atomic E-state index is 11.7. The van der Waals surface area contributed by atoms with Gasteiger partial charge in [0.05, 0.1) is 0 Å². The highest BCUT2D eigenvalue weighted by Gasteiger charge is 2.19. The van der Waals surface area contributed by atoms with Gasteiger partial charge in [0.15, 0.2) is 0 Å². The van der Waals surface area contributed by atoms with Crippen LogP contribution in [0.15, 0.2) is 0 Å². The maximum absolute atomic E-state index is 11.7. The lowest BCUT2D eigenvalue weighted by Gasteiger charge is -2.24. The molecule has 1 fully saturated rings. The fourth-order valence-electron chi connectivity index (χ4n) is 1.97. The zero-order valence-corrected chi connectivity index (χ0v) is 10.3. The highest BCUT2D eigenvalue weighted by atomic mass is 16.3.